The molecule has 16 heavy (non-hydrogen) atoms. The molecule has 0 spiro atoms. The van der Waals surface area contributed by atoms with E-state index in [1.807, 2.05) is 0 Å². The van der Waals surface area contributed by atoms with E-state index in [9.17, 15) is 9.90 Å². The fraction of sp³-hybridized carbons (Fsp3) is 0.455. The number of nitrogens with zero attached hydrogens (tertiary/aromatic N) is 2. The highest BCUT2D eigenvalue weighted by molar-refractivity contribution is 5.95. The molecule has 0 saturated carbocycles. The predicted molar refractivity (Wildman–Crippen MR) is 57.0 cm³/mol. The van der Waals surface area contributed by atoms with Crippen molar-refractivity contribution in [2.75, 3.05) is 13.2 Å². The highest BCUT2D eigenvalue weighted by atomic mass is 16.3. The van der Waals surface area contributed by atoms with Crippen molar-refractivity contribution in [1.82, 2.24) is 9.88 Å². The molecule has 0 radical (unpaired) electrons. The van der Waals surface area contributed by atoms with Gasteiger partial charge in [-0.05, 0) is 25.0 Å². The Morgan fingerprint density at radius 3 is 3.12 bits per heavy atom. The summed E-state index contributed by atoms with van der Waals surface area (Å²) in [6, 6.07) is 2.86. The van der Waals surface area contributed by atoms with Crippen LogP contribution < -0.4 is 0 Å². The van der Waals surface area contributed by atoms with Crippen molar-refractivity contribution in [3.8, 4) is 5.75 Å². The van der Waals surface area contributed by atoms with Crippen LogP contribution in [0.3, 0.4) is 0 Å². The van der Waals surface area contributed by atoms with Crippen LogP contribution in [0.25, 0.3) is 0 Å². The van der Waals surface area contributed by atoms with Gasteiger partial charge in [0, 0.05) is 12.7 Å². The van der Waals surface area contributed by atoms with Gasteiger partial charge < -0.3 is 15.1 Å². The number of carbonyl (C=O) groups excluding carboxylic acids is 1. The zero-order chi connectivity index (χ0) is 11.5. The van der Waals surface area contributed by atoms with Gasteiger partial charge in [0.15, 0.2) is 5.69 Å². The zero-order valence-corrected chi connectivity index (χ0v) is 8.83. The van der Waals surface area contributed by atoms with Gasteiger partial charge in [0.2, 0.25) is 0 Å². The minimum Gasteiger partial charge on any atom is -0.505 e. The zero-order valence-electron chi connectivity index (χ0n) is 8.83. The van der Waals surface area contributed by atoms with Crippen molar-refractivity contribution in [3.63, 3.8) is 0 Å². The standard InChI is InChI=1S/C11H14N2O3/c14-7-8-3-2-6-13(8)11(16)10-9(15)4-1-5-12-10/h1,4-5,8,14-15H,2-3,6-7H2/t8-/m0/s1. The molecule has 1 fully saturated rings. The number of amides is 1. The van der Waals surface area contributed by atoms with Gasteiger partial charge in [-0.25, -0.2) is 4.98 Å². The van der Waals surface area contributed by atoms with E-state index in [0.717, 1.165) is 12.8 Å². The number of hydrogen-bond acceptors (Lipinski definition) is 4. The summed E-state index contributed by atoms with van der Waals surface area (Å²) in [6.45, 7) is 0.569. The number of aliphatic hydroxyl groups excluding tert-OH is 1. The molecular weight excluding hydrogens is 208 g/mol. The lowest BCUT2D eigenvalue weighted by Gasteiger charge is -2.22. The first kappa shape index (κ1) is 10.9. The maximum Gasteiger partial charge on any atom is 0.276 e. The summed E-state index contributed by atoms with van der Waals surface area (Å²) in [5.41, 5.74) is 0.0582. The van der Waals surface area contributed by atoms with E-state index in [0.29, 0.717) is 6.54 Å². The van der Waals surface area contributed by atoms with E-state index in [1.54, 1.807) is 11.0 Å². The molecule has 0 unspecified atom stereocenters. The molecule has 2 heterocycles. The smallest absolute Gasteiger partial charge is 0.276 e. The van der Waals surface area contributed by atoms with Crippen LogP contribution >= 0.6 is 0 Å². The Hall–Kier alpha value is -1.62. The topological polar surface area (TPSA) is 73.7 Å². The molecule has 1 aliphatic heterocycles. The third kappa shape index (κ3) is 1.86. The molecule has 1 aromatic heterocycles. The van der Waals surface area contributed by atoms with Crippen LogP contribution in [0.5, 0.6) is 5.75 Å². The number of aliphatic hydroxyl groups is 1. The van der Waals surface area contributed by atoms with Crippen LogP contribution in [-0.2, 0) is 0 Å². The lowest BCUT2D eigenvalue weighted by atomic mass is 10.2. The lowest BCUT2D eigenvalue weighted by Crippen LogP contribution is -2.38. The molecule has 1 aliphatic rings. The van der Waals surface area contributed by atoms with Crippen LogP contribution in [0.4, 0.5) is 0 Å². The number of hydrogen-bond donors (Lipinski definition) is 2. The van der Waals surface area contributed by atoms with Gasteiger partial charge in [0.05, 0.1) is 12.6 Å². The fourth-order valence-corrected chi connectivity index (χ4v) is 1.99. The number of likely N-dealkylation sites (tertiary alicyclic amines) is 1. The summed E-state index contributed by atoms with van der Waals surface area (Å²) in [6.07, 6.45) is 3.15. The Labute approximate surface area is 93.3 Å². The van der Waals surface area contributed by atoms with Crippen molar-refractivity contribution < 1.29 is 15.0 Å². The molecular formula is C11H14N2O3. The Bertz CT molecular complexity index is 395. The Kier molecular flexibility index (Phi) is 3.05. The van der Waals surface area contributed by atoms with E-state index in [4.69, 9.17) is 5.11 Å². The van der Waals surface area contributed by atoms with Gasteiger partial charge >= 0.3 is 0 Å². The van der Waals surface area contributed by atoms with E-state index >= 15 is 0 Å². The lowest BCUT2D eigenvalue weighted by molar-refractivity contribution is 0.0668. The SMILES string of the molecule is O=C(c1ncccc1O)N1CCC[C@H]1CO. The summed E-state index contributed by atoms with van der Waals surface area (Å²) < 4.78 is 0. The third-order valence-electron chi connectivity index (χ3n) is 2.84. The molecule has 2 N–H and O–H groups in total. The predicted octanol–water partition coefficient (Wildman–Crippen LogP) is 0.384. The molecule has 1 atom stereocenters. The molecule has 86 valence electrons. The second-order valence-corrected chi connectivity index (χ2v) is 3.85. The monoisotopic (exact) mass is 222 g/mol. The Morgan fingerprint density at radius 1 is 1.62 bits per heavy atom. The third-order valence-corrected chi connectivity index (χ3v) is 2.84. The number of aromatic hydroxyl groups is 1. The van der Waals surface area contributed by atoms with Crippen LogP contribution in [0.2, 0.25) is 0 Å². The Morgan fingerprint density at radius 2 is 2.44 bits per heavy atom. The summed E-state index contributed by atoms with van der Waals surface area (Å²) in [4.78, 5) is 17.5. The van der Waals surface area contributed by atoms with E-state index in [2.05, 4.69) is 4.98 Å². The second kappa shape index (κ2) is 4.49. The van der Waals surface area contributed by atoms with Gasteiger partial charge in [-0.1, -0.05) is 0 Å². The average molecular weight is 222 g/mol. The fourth-order valence-electron chi connectivity index (χ4n) is 1.99. The first-order valence-corrected chi connectivity index (χ1v) is 5.30. The van der Waals surface area contributed by atoms with E-state index in [1.165, 1.54) is 12.3 Å². The van der Waals surface area contributed by atoms with Gasteiger partial charge in [0.1, 0.15) is 5.75 Å². The minimum absolute atomic E-state index is 0.0423. The molecule has 5 heteroatoms. The summed E-state index contributed by atoms with van der Waals surface area (Å²) in [5.74, 6) is -0.425. The largest absolute Gasteiger partial charge is 0.505 e. The van der Waals surface area contributed by atoms with Gasteiger partial charge in [-0.3, -0.25) is 4.79 Å². The summed E-state index contributed by atoms with van der Waals surface area (Å²) in [7, 11) is 0. The normalized spacial score (nSPS) is 20.1. The first-order valence-electron chi connectivity index (χ1n) is 5.30. The van der Waals surface area contributed by atoms with E-state index in [-0.39, 0.29) is 30.0 Å². The maximum atomic E-state index is 12.0. The van der Waals surface area contributed by atoms with Crippen molar-refractivity contribution in [2.24, 2.45) is 0 Å². The molecule has 5 nitrogen and oxygen atoms in total. The quantitative estimate of drug-likeness (QED) is 0.759. The Balaban J connectivity index is 2.22. The summed E-state index contributed by atoms with van der Waals surface area (Å²) >= 11 is 0. The number of carbonyl (C=O) groups is 1. The minimum atomic E-state index is -0.311. The number of pyridine rings is 1. The van der Waals surface area contributed by atoms with Gasteiger partial charge in [-0.2, -0.15) is 0 Å². The molecule has 0 aromatic carbocycles. The number of rotatable bonds is 2. The van der Waals surface area contributed by atoms with Crippen molar-refractivity contribution in [3.05, 3.63) is 24.0 Å². The maximum absolute atomic E-state index is 12.0. The first-order chi connectivity index (χ1) is 7.74. The van der Waals surface area contributed by atoms with Crippen LogP contribution in [-0.4, -0.2) is 45.2 Å². The van der Waals surface area contributed by atoms with E-state index < -0.39 is 0 Å². The summed E-state index contributed by atoms with van der Waals surface area (Å²) in [5, 5.41) is 18.7. The van der Waals surface area contributed by atoms with Gasteiger partial charge in [-0.15, -0.1) is 0 Å². The van der Waals surface area contributed by atoms with Crippen LogP contribution in [0.1, 0.15) is 23.3 Å². The van der Waals surface area contributed by atoms with Crippen molar-refractivity contribution >= 4 is 5.91 Å². The van der Waals surface area contributed by atoms with Crippen molar-refractivity contribution in [2.45, 2.75) is 18.9 Å². The molecule has 2 rings (SSSR count). The van der Waals surface area contributed by atoms with Gasteiger partial charge in [0.25, 0.3) is 5.91 Å². The van der Waals surface area contributed by atoms with Crippen LogP contribution in [0.15, 0.2) is 18.3 Å². The van der Waals surface area contributed by atoms with Crippen molar-refractivity contribution in [1.29, 1.82) is 0 Å². The molecule has 1 amide bonds. The molecule has 0 bridgehead atoms. The van der Waals surface area contributed by atoms with Crippen LogP contribution in [0, 0.1) is 0 Å². The highest BCUT2D eigenvalue weighted by Gasteiger charge is 2.30. The molecule has 0 aliphatic carbocycles. The number of aromatic nitrogens is 1. The average Bonchev–Trinajstić information content (AvgIpc) is 2.77. The second-order valence-electron chi connectivity index (χ2n) is 3.85. The molecule has 1 aromatic rings. The highest BCUT2D eigenvalue weighted by Crippen LogP contribution is 2.22. The molecule has 1 saturated heterocycles.